The second-order valence-corrected chi connectivity index (χ2v) is 6.25. The van der Waals surface area contributed by atoms with Crippen LogP contribution >= 0.6 is 11.8 Å². The highest BCUT2D eigenvalue weighted by atomic mass is 32.2. The summed E-state index contributed by atoms with van der Waals surface area (Å²) in [6.07, 6.45) is 2.59. The highest BCUT2D eigenvalue weighted by Crippen LogP contribution is 2.17. The minimum atomic E-state index is 0.664. The first-order chi connectivity index (χ1) is 8.61. The van der Waals surface area contributed by atoms with E-state index in [4.69, 9.17) is 0 Å². The first-order valence-electron chi connectivity index (χ1n) is 7.00. The monoisotopic (exact) mass is 265 g/mol. The molecule has 1 rings (SSSR count). The van der Waals surface area contributed by atoms with E-state index >= 15 is 0 Å². The van der Waals surface area contributed by atoms with Crippen molar-refractivity contribution >= 4 is 11.8 Å². The lowest BCUT2D eigenvalue weighted by atomic mass is 10.1. The first kappa shape index (κ1) is 15.6. The van der Waals surface area contributed by atoms with E-state index in [2.05, 4.69) is 63.0 Å². The summed E-state index contributed by atoms with van der Waals surface area (Å²) < 4.78 is 0. The molecule has 0 heterocycles. The molecular formula is C16H27NS. The van der Waals surface area contributed by atoms with Crippen LogP contribution < -0.4 is 5.32 Å². The molecule has 0 saturated heterocycles. The summed E-state index contributed by atoms with van der Waals surface area (Å²) in [5, 5.41) is 3.46. The van der Waals surface area contributed by atoms with Crippen LogP contribution in [0.1, 0.15) is 43.4 Å². The summed E-state index contributed by atoms with van der Waals surface area (Å²) in [6, 6.07) is 7.52. The second kappa shape index (κ2) is 8.60. The smallest absolute Gasteiger partial charge is 0.0184 e. The molecule has 0 spiro atoms. The van der Waals surface area contributed by atoms with Crippen molar-refractivity contribution in [2.45, 2.75) is 52.3 Å². The quantitative estimate of drug-likeness (QED) is 0.703. The fourth-order valence-corrected chi connectivity index (χ4v) is 3.20. The van der Waals surface area contributed by atoms with Crippen LogP contribution in [0.4, 0.5) is 0 Å². The van der Waals surface area contributed by atoms with Gasteiger partial charge in [-0.2, -0.15) is 11.8 Å². The van der Waals surface area contributed by atoms with Gasteiger partial charge in [-0.1, -0.05) is 36.2 Å². The van der Waals surface area contributed by atoms with Crippen LogP contribution in [0.5, 0.6) is 0 Å². The van der Waals surface area contributed by atoms with Gasteiger partial charge in [-0.15, -0.1) is 0 Å². The van der Waals surface area contributed by atoms with Crippen molar-refractivity contribution in [3.8, 4) is 0 Å². The molecule has 1 nitrogen and oxygen atoms in total. The summed E-state index contributed by atoms with van der Waals surface area (Å²) >= 11 is 2.06. The van der Waals surface area contributed by atoms with Crippen molar-refractivity contribution in [3.05, 3.63) is 34.9 Å². The van der Waals surface area contributed by atoms with Crippen LogP contribution in [-0.4, -0.2) is 18.3 Å². The van der Waals surface area contributed by atoms with Gasteiger partial charge < -0.3 is 5.32 Å². The number of hydrogen-bond donors (Lipinski definition) is 1. The lowest BCUT2D eigenvalue weighted by Gasteiger charge is -2.11. The molecular weight excluding hydrogens is 238 g/mol. The third-order valence-corrected chi connectivity index (χ3v) is 4.14. The van der Waals surface area contributed by atoms with Gasteiger partial charge in [-0.05, 0) is 51.5 Å². The van der Waals surface area contributed by atoms with Gasteiger partial charge in [0.15, 0.2) is 0 Å². The lowest BCUT2D eigenvalue weighted by Crippen LogP contribution is -2.25. The molecule has 0 amide bonds. The molecule has 2 heteroatoms. The van der Waals surface area contributed by atoms with E-state index in [0.717, 1.165) is 12.3 Å². The molecule has 0 aliphatic rings. The van der Waals surface area contributed by atoms with Crippen LogP contribution in [0.15, 0.2) is 18.2 Å². The van der Waals surface area contributed by atoms with Crippen molar-refractivity contribution < 1.29 is 0 Å². The molecule has 1 aromatic rings. The number of nitrogens with one attached hydrogen (secondary N) is 1. The maximum atomic E-state index is 3.46. The Morgan fingerprint density at radius 3 is 2.44 bits per heavy atom. The van der Waals surface area contributed by atoms with Crippen molar-refractivity contribution in [3.63, 3.8) is 0 Å². The molecule has 1 aromatic carbocycles. The van der Waals surface area contributed by atoms with E-state index in [1.165, 1.54) is 35.3 Å². The van der Waals surface area contributed by atoms with E-state index in [1.807, 2.05) is 0 Å². The van der Waals surface area contributed by atoms with Crippen molar-refractivity contribution in [1.29, 1.82) is 0 Å². The molecule has 0 fully saturated rings. The predicted molar refractivity (Wildman–Crippen MR) is 84.5 cm³/mol. The average molecular weight is 265 g/mol. The van der Waals surface area contributed by atoms with Crippen LogP contribution in [0.3, 0.4) is 0 Å². The Bertz CT molecular complexity index is 329. The maximum Gasteiger partial charge on any atom is 0.0184 e. The Labute approximate surface area is 117 Å². The van der Waals surface area contributed by atoms with Crippen molar-refractivity contribution in [1.82, 2.24) is 5.32 Å². The van der Waals surface area contributed by atoms with Gasteiger partial charge in [0.2, 0.25) is 0 Å². The Balaban J connectivity index is 2.17. The highest BCUT2D eigenvalue weighted by Gasteiger charge is 2.00. The summed E-state index contributed by atoms with van der Waals surface area (Å²) in [4.78, 5) is 0. The molecule has 102 valence electrons. The zero-order chi connectivity index (χ0) is 13.4. The average Bonchev–Trinajstić information content (AvgIpc) is 2.27. The van der Waals surface area contributed by atoms with Gasteiger partial charge in [0.25, 0.3) is 0 Å². The second-order valence-electron chi connectivity index (χ2n) is 5.15. The van der Waals surface area contributed by atoms with E-state index in [9.17, 15) is 0 Å². The summed E-state index contributed by atoms with van der Waals surface area (Å²) in [7, 11) is 0. The Morgan fingerprint density at radius 1 is 1.17 bits per heavy atom. The molecule has 0 aliphatic heterocycles. The fraction of sp³-hybridized carbons (Fsp3) is 0.625. The number of benzene rings is 1. The predicted octanol–water partition coefficient (Wildman–Crippen LogP) is 4.31. The molecule has 1 unspecified atom stereocenters. The number of thioether (sulfide) groups is 1. The van der Waals surface area contributed by atoms with E-state index < -0.39 is 0 Å². The van der Waals surface area contributed by atoms with Crippen molar-refractivity contribution in [2.75, 3.05) is 12.3 Å². The van der Waals surface area contributed by atoms with Crippen molar-refractivity contribution in [2.24, 2.45) is 0 Å². The molecule has 0 saturated carbocycles. The molecule has 1 N–H and O–H groups in total. The minimum absolute atomic E-state index is 0.664. The van der Waals surface area contributed by atoms with Crippen LogP contribution in [0.2, 0.25) is 0 Å². The summed E-state index contributed by atoms with van der Waals surface area (Å²) in [5.41, 5.74) is 4.23. The number of rotatable bonds is 8. The van der Waals surface area contributed by atoms with Gasteiger partial charge in [0.05, 0.1) is 0 Å². The van der Waals surface area contributed by atoms with Crippen LogP contribution in [0.25, 0.3) is 0 Å². The third-order valence-electron chi connectivity index (χ3n) is 3.03. The maximum absolute atomic E-state index is 3.46. The topological polar surface area (TPSA) is 12.0 Å². The minimum Gasteiger partial charge on any atom is -0.315 e. The Morgan fingerprint density at radius 2 is 1.83 bits per heavy atom. The Kier molecular flexibility index (Phi) is 7.45. The SMILES string of the molecule is CCNC(C)CCCSCc1cc(C)cc(C)c1. The van der Waals surface area contributed by atoms with E-state index in [1.54, 1.807) is 0 Å². The summed E-state index contributed by atoms with van der Waals surface area (Å²) in [6.45, 7) is 9.89. The first-order valence-corrected chi connectivity index (χ1v) is 8.15. The van der Waals surface area contributed by atoms with Crippen LogP contribution in [-0.2, 0) is 5.75 Å². The van der Waals surface area contributed by atoms with E-state index in [0.29, 0.717) is 6.04 Å². The highest BCUT2D eigenvalue weighted by molar-refractivity contribution is 7.98. The molecule has 18 heavy (non-hydrogen) atoms. The molecule has 0 radical (unpaired) electrons. The van der Waals surface area contributed by atoms with Gasteiger partial charge in [0.1, 0.15) is 0 Å². The Hall–Kier alpha value is -0.470. The van der Waals surface area contributed by atoms with Gasteiger partial charge >= 0.3 is 0 Å². The summed E-state index contributed by atoms with van der Waals surface area (Å²) in [5.74, 6) is 2.42. The zero-order valence-corrected chi connectivity index (χ0v) is 13.1. The zero-order valence-electron chi connectivity index (χ0n) is 12.3. The van der Waals surface area contributed by atoms with Crippen LogP contribution in [0, 0.1) is 13.8 Å². The van der Waals surface area contributed by atoms with E-state index in [-0.39, 0.29) is 0 Å². The molecule has 0 aliphatic carbocycles. The number of hydrogen-bond acceptors (Lipinski definition) is 2. The lowest BCUT2D eigenvalue weighted by molar-refractivity contribution is 0.526. The molecule has 0 aromatic heterocycles. The van der Waals surface area contributed by atoms with Gasteiger partial charge in [-0.3, -0.25) is 0 Å². The number of aryl methyl sites for hydroxylation is 2. The molecule has 0 bridgehead atoms. The molecule has 1 atom stereocenters. The van der Waals surface area contributed by atoms with Gasteiger partial charge in [-0.25, -0.2) is 0 Å². The largest absolute Gasteiger partial charge is 0.315 e. The van der Waals surface area contributed by atoms with Gasteiger partial charge in [0, 0.05) is 11.8 Å². The third kappa shape index (κ3) is 6.46. The standard InChI is InChI=1S/C16H27NS/c1-5-17-15(4)7-6-8-18-12-16-10-13(2)9-14(3)11-16/h9-11,15,17H,5-8,12H2,1-4H3. The normalized spacial score (nSPS) is 12.7. The fourth-order valence-electron chi connectivity index (χ4n) is 2.28.